The van der Waals surface area contributed by atoms with E-state index in [2.05, 4.69) is 5.32 Å². The van der Waals surface area contributed by atoms with Crippen LogP contribution in [0.4, 0.5) is 11.4 Å². The largest absolute Gasteiger partial charge is 0.497 e. The molecule has 1 aliphatic heterocycles. The van der Waals surface area contributed by atoms with Gasteiger partial charge in [0.15, 0.2) is 0 Å². The van der Waals surface area contributed by atoms with Crippen molar-refractivity contribution in [2.45, 2.75) is 13.8 Å². The fourth-order valence-electron chi connectivity index (χ4n) is 3.88. The molecule has 3 aromatic rings. The number of carbonyl (C=O) groups excluding carboxylic acids is 2. The van der Waals surface area contributed by atoms with Crippen molar-refractivity contribution in [2.75, 3.05) is 31.5 Å². The lowest BCUT2D eigenvalue weighted by Gasteiger charge is -2.19. The number of aryl methyl sites for hydroxylation is 2. The molecule has 34 heavy (non-hydrogen) atoms. The zero-order chi connectivity index (χ0) is 24.4. The Labute approximate surface area is 198 Å². The van der Waals surface area contributed by atoms with E-state index in [-0.39, 0.29) is 11.3 Å². The van der Waals surface area contributed by atoms with Gasteiger partial charge in [0.2, 0.25) is 0 Å². The molecule has 0 fully saturated rings. The first kappa shape index (κ1) is 22.9. The van der Waals surface area contributed by atoms with E-state index in [1.165, 1.54) is 14.2 Å². The molecule has 0 saturated carbocycles. The normalized spacial score (nSPS) is 13.4. The van der Waals surface area contributed by atoms with Crippen LogP contribution >= 0.6 is 0 Å². The smallest absolute Gasteiger partial charge is 0.282 e. The summed E-state index contributed by atoms with van der Waals surface area (Å²) in [6, 6.07) is 18.0. The molecule has 0 saturated heterocycles. The molecule has 1 heterocycles. The maximum atomic E-state index is 13.8. The highest BCUT2D eigenvalue weighted by molar-refractivity contribution is 6.46. The summed E-state index contributed by atoms with van der Waals surface area (Å²) in [5.74, 6) is 0.458. The number of rotatable bonds is 7. The third-order valence-corrected chi connectivity index (χ3v) is 5.67. The molecule has 0 radical (unpaired) electrons. The minimum atomic E-state index is -0.504. The Morgan fingerprint density at radius 2 is 1.35 bits per heavy atom. The van der Waals surface area contributed by atoms with Crippen molar-refractivity contribution in [3.63, 3.8) is 0 Å². The fraction of sp³-hybridized carbons (Fsp3) is 0.185. The Bertz CT molecular complexity index is 1290. The molecule has 1 aliphatic rings. The number of imide groups is 1. The molecule has 0 aliphatic carbocycles. The lowest BCUT2D eigenvalue weighted by Crippen LogP contribution is -2.32. The first-order chi connectivity index (χ1) is 16.4. The summed E-state index contributed by atoms with van der Waals surface area (Å²) in [4.78, 5) is 28.7. The van der Waals surface area contributed by atoms with Crippen LogP contribution in [-0.2, 0) is 9.59 Å². The van der Waals surface area contributed by atoms with Gasteiger partial charge in [-0.3, -0.25) is 9.59 Å². The molecular weight excluding hydrogens is 432 g/mol. The number of anilines is 2. The van der Waals surface area contributed by atoms with Crippen molar-refractivity contribution < 1.29 is 23.8 Å². The van der Waals surface area contributed by atoms with E-state index in [0.717, 1.165) is 16.0 Å². The average Bonchev–Trinajstić information content (AvgIpc) is 3.08. The maximum Gasteiger partial charge on any atom is 0.282 e. The molecule has 0 spiro atoms. The van der Waals surface area contributed by atoms with Gasteiger partial charge in [0, 0.05) is 6.07 Å². The van der Waals surface area contributed by atoms with Crippen LogP contribution < -0.4 is 24.4 Å². The summed E-state index contributed by atoms with van der Waals surface area (Å²) in [5.41, 5.74) is 3.95. The van der Waals surface area contributed by atoms with Gasteiger partial charge in [-0.25, -0.2) is 4.90 Å². The van der Waals surface area contributed by atoms with Crippen LogP contribution in [0.3, 0.4) is 0 Å². The average molecular weight is 459 g/mol. The van der Waals surface area contributed by atoms with Crippen LogP contribution in [-0.4, -0.2) is 33.1 Å². The van der Waals surface area contributed by atoms with E-state index in [4.69, 9.17) is 14.2 Å². The second-order valence-corrected chi connectivity index (χ2v) is 7.93. The number of amides is 2. The molecule has 7 nitrogen and oxygen atoms in total. The van der Waals surface area contributed by atoms with E-state index in [1.54, 1.807) is 25.3 Å². The van der Waals surface area contributed by atoms with E-state index in [1.807, 2.05) is 56.3 Å². The van der Waals surface area contributed by atoms with Crippen molar-refractivity contribution in [1.82, 2.24) is 0 Å². The minimum Gasteiger partial charge on any atom is -0.497 e. The van der Waals surface area contributed by atoms with Crippen LogP contribution in [0, 0.1) is 13.8 Å². The van der Waals surface area contributed by atoms with E-state index in [9.17, 15) is 9.59 Å². The molecule has 2 amide bonds. The second-order valence-electron chi connectivity index (χ2n) is 7.93. The monoisotopic (exact) mass is 458 g/mol. The van der Waals surface area contributed by atoms with Crippen molar-refractivity contribution >= 4 is 28.8 Å². The third kappa shape index (κ3) is 4.08. The number of hydrogen-bond acceptors (Lipinski definition) is 6. The van der Waals surface area contributed by atoms with Crippen molar-refractivity contribution in [1.29, 1.82) is 0 Å². The highest BCUT2D eigenvalue weighted by Gasteiger charge is 2.42. The van der Waals surface area contributed by atoms with E-state index in [0.29, 0.717) is 34.2 Å². The van der Waals surface area contributed by atoms with Crippen LogP contribution in [0.1, 0.15) is 16.7 Å². The summed E-state index contributed by atoms with van der Waals surface area (Å²) in [6.07, 6.45) is 0. The first-order valence-electron chi connectivity index (χ1n) is 10.7. The van der Waals surface area contributed by atoms with E-state index < -0.39 is 11.8 Å². The number of carbonyl (C=O) groups is 2. The van der Waals surface area contributed by atoms with Crippen molar-refractivity contribution in [3.05, 3.63) is 83.1 Å². The predicted molar refractivity (Wildman–Crippen MR) is 131 cm³/mol. The molecule has 0 bridgehead atoms. The van der Waals surface area contributed by atoms with Crippen LogP contribution in [0.2, 0.25) is 0 Å². The lowest BCUT2D eigenvalue weighted by atomic mass is 10.0. The van der Waals surface area contributed by atoms with Gasteiger partial charge in [-0.15, -0.1) is 0 Å². The molecule has 0 atom stereocenters. The van der Waals surface area contributed by atoms with Gasteiger partial charge in [-0.05, 0) is 49.2 Å². The fourth-order valence-corrected chi connectivity index (χ4v) is 3.88. The SMILES string of the molecule is COc1ccc(OC)c(N2C(=O)C(Nc3cc(C)ccc3OC)=C(c3ccc(C)cc3)C2=O)c1. The summed E-state index contributed by atoms with van der Waals surface area (Å²) in [5, 5.41) is 3.18. The predicted octanol–water partition coefficient (Wildman–Crippen LogP) is 4.73. The molecule has 3 aromatic carbocycles. The number of hydrogen-bond donors (Lipinski definition) is 1. The summed E-state index contributed by atoms with van der Waals surface area (Å²) in [7, 11) is 4.56. The van der Waals surface area contributed by atoms with Gasteiger partial charge >= 0.3 is 0 Å². The highest BCUT2D eigenvalue weighted by Crippen LogP contribution is 2.40. The minimum absolute atomic E-state index is 0.155. The Balaban J connectivity index is 1.88. The van der Waals surface area contributed by atoms with Gasteiger partial charge in [0.05, 0.1) is 38.3 Å². The first-order valence-corrected chi connectivity index (χ1v) is 10.7. The summed E-state index contributed by atoms with van der Waals surface area (Å²) < 4.78 is 16.3. The highest BCUT2D eigenvalue weighted by atomic mass is 16.5. The second kappa shape index (κ2) is 9.31. The zero-order valence-electron chi connectivity index (χ0n) is 19.8. The van der Waals surface area contributed by atoms with Gasteiger partial charge in [-0.2, -0.15) is 0 Å². The molecule has 4 rings (SSSR count). The van der Waals surface area contributed by atoms with Crippen LogP contribution in [0.25, 0.3) is 5.57 Å². The topological polar surface area (TPSA) is 77.1 Å². The van der Waals surface area contributed by atoms with Gasteiger partial charge in [-0.1, -0.05) is 35.9 Å². The quantitative estimate of drug-likeness (QED) is 0.516. The Morgan fingerprint density at radius 3 is 2.00 bits per heavy atom. The molecule has 7 heteroatoms. The number of methoxy groups -OCH3 is 3. The summed E-state index contributed by atoms with van der Waals surface area (Å²) in [6.45, 7) is 3.90. The Hall–Kier alpha value is -4.26. The van der Waals surface area contributed by atoms with Gasteiger partial charge in [0.1, 0.15) is 22.9 Å². The van der Waals surface area contributed by atoms with Crippen molar-refractivity contribution in [3.8, 4) is 17.2 Å². The van der Waals surface area contributed by atoms with Gasteiger partial charge < -0.3 is 19.5 Å². The van der Waals surface area contributed by atoms with Gasteiger partial charge in [0.25, 0.3) is 11.8 Å². The number of benzene rings is 3. The van der Waals surface area contributed by atoms with E-state index >= 15 is 0 Å². The molecule has 174 valence electrons. The number of ether oxygens (including phenoxy) is 3. The third-order valence-electron chi connectivity index (χ3n) is 5.67. The van der Waals surface area contributed by atoms with Crippen molar-refractivity contribution in [2.24, 2.45) is 0 Å². The molecule has 0 unspecified atom stereocenters. The summed E-state index contributed by atoms with van der Waals surface area (Å²) >= 11 is 0. The van der Waals surface area contributed by atoms with Crippen LogP contribution in [0.15, 0.2) is 66.4 Å². The zero-order valence-corrected chi connectivity index (χ0v) is 19.8. The number of nitrogens with one attached hydrogen (secondary N) is 1. The number of nitrogens with zero attached hydrogens (tertiary/aromatic N) is 1. The lowest BCUT2D eigenvalue weighted by molar-refractivity contribution is -0.120. The Kier molecular flexibility index (Phi) is 6.27. The molecule has 1 N–H and O–H groups in total. The van der Waals surface area contributed by atoms with Crippen LogP contribution in [0.5, 0.6) is 17.2 Å². The Morgan fingerprint density at radius 1 is 0.706 bits per heavy atom. The molecular formula is C27H26N2O5. The standard InChI is InChI=1S/C27H26N2O5/c1-16-6-9-18(10-7-16)24-25(28-20-14-17(2)8-12-22(20)33-4)27(31)29(26(24)30)21-15-19(32-3)11-13-23(21)34-5/h6-15,28H,1-5H3. The molecule has 0 aromatic heterocycles. The maximum absolute atomic E-state index is 13.8.